The lowest BCUT2D eigenvalue weighted by molar-refractivity contribution is 1.04. The van der Waals surface area contributed by atoms with Crippen LogP contribution in [0.15, 0.2) is 34.6 Å². The molecule has 16 heavy (non-hydrogen) atoms. The van der Waals surface area contributed by atoms with Gasteiger partial charge in [0.2, 0.25) is 5.28 Å². The molecule has 0 atom stereocenters. The molecule has 3 nitrogen and oxygen atoms in total. The summed E-state index contributed by atoms with van der Waals surface area (Å²) < 4.78 is 0. The summed E-state index contributed by atoms with van der Waals surface area (Å²) in [4.78, 5) is 11.9. The molecule has 0 aliphatic rings. The van der Waals surface area contributed by atoms with Gasteiger partial charge in [-0.2, -0.15) is 0 Å². The van der Waals surface area contributed by atoms with Crippen LogP contribution in [0.4, 0.5) is 0 Å². The molecule has 0 bridgehead atoms. The molecular formula is C9H4Cl3N3S. The number of nitrogens with zero attached hydrogens (tertiary/aromatic N) is 3. The van der Waals surface area contributed by atoms with Crippen LogP contribution in [0, 0.1) is 0 Å². The molecule has 0 aliphatic heterocycles. The number of hydrogen-bond donors (Lipinski definition) is 0. The lowest BCUT2D eigenvalue weighted by Gasteiger charge is -2.02. The van der Waals surface area contributed by atoms with Crippen LogP contribution in [0.1, 0.15) is 0 Å². The Hall–Kier alpha value is -0.550. The van der Waals surface area contributed by atoms with Gasteiger partial charge in [-0.15, -0.1) is 0 Å². The molecule has 0 amide bonds. The van der Waals surface area contributed by atoms with Gasteiger partial charge in [-0.3, -0.25) is 0 Å². The van der Waals surface area contributed by atoms with Crippen molar-refractivity contribution in [1.29, 1.82) is 0 Å². The molecule has 0 spiro atoms. The van der Waals surface area contributed by atoms with E-state index >= 15 is 0 Å². The lowest BCUT2D eigenvalue weighted by atomic mass is 10.5. The van der Waals surface area contributed by atoms with Gasteiger partial charge < -0.3 is 0 Å². The highest BCUT2D eigenvalue weighted by atomic mass is 35.5. The lowest BCUT2D eigenvalue weighted by Crippen LogP contribution is -1.87. The normalized spacial score (nSPS) is 10.4. The summed E-state index contributed by atoms with van der Waals surface area (Å²) in [5.41, 5.74) is 0. The molecule has 0 aromatic carbocycles. The Bertz CT molecular complexity index is 504. The first kappa shape index (κ1) is 11.9. The Morgan fingerprint density at radius 2 is 1.81 bits per heavy atom. The van der Waals surface area contributed by atoms with Crippen LogP contribution in [-0.2, 0) is 0 Å². The highest BCUT2D eigenvalue weighted by Gasteiger charge is 2.07. The molecule has 2 aromatic heterocycles. The molecule has 2 rings (SSSR count). The van der Waals surface area contributed by atoms with Crippen LogP contribution < -0.4 is 0 Å². The number of halogens is 3. The van der Waals surface area contributed by atoms with Crippen molar-refractivity contribution in [1.82, 2.24) is 15.0 Å². The molecule has 0 saturated carbocycles. The molecule has 0 radical (unpaired) electrons. The topological polar surface area (TPSA) is 38.7 Å². The minimum absolute atomic E-state index is 0.154. The van der Waals surface area contributed by atoms with Crippen molar-refractivity contribution >= 4 is 46.6 Å². The average Bonchev–Trinajstić information content (AvgIpc) is 2.27. The number of aromatic nitrogens is 3. The maximum absolute atomic E-state index is 5.92. The Labute approximate surface area is 111 Å². The molecule has 0 saturated heterocycles. The van der Waals surface area contributed by atoms with Gasteiger partial charge in [0.1, 0.15) is 10.1 Å². The summed E-state index contributed by atoms with van der Waals surface area (Å²) in [6.07, 6.45) is 3.01. The minimum atomic E-state index is 0.154. The van der Waals surface area contributed by atoms with Crippen LogP contribution in [0.5, 0.6) is 0 Å². The van der Waals surface area contributed by atoms with Crippen LogP contribution in [-0.4, -0.2) is 15.0 Å². The molecule has 0 N–H and O–H groups in total. The van der Waals surface area contributed by atoms with Crippen molar-refractivity contribution in [2.75, 3.05) is 0 Å². The highest BCUT2D eigenvalue weighted by molar-refractivity contribution is 7.99. The number of hydrogen-bond acceptors (Lipinski definition) is 4. The Kier molecular flexibility index (Phi) is 3.86. The maximum atomic E-state index is 5.92. The van der Waals surface area contributed by atoms with Crippen molar-refractivity contribution < 1.29 is 0 Å². The van der Waals surface area contributed by atoms with Crippen LogP contribution in [0.2, 0.25) is 15.3 Å². The van der Waals surface area contributed by atoms with Gasteiger partial charge in [0, 0.05) is 6.20 Å². The van der Waals surface area contributed by atoms with E-state index in [4.69, 9.17) is 34.8 Å². The van der Waals surface area contributed by atoms with Crippen molar-refractivity contribution in [2.45, 2.75) is 10.1 Å². The fraction of sp³-hybridized carbons (Fsp3) is 0. The van der Waals surface area contributed by atoms with E-state index in [0.29, 0.717) is 15.1 Å². The quantitative estimate of drug-likeness (QED) is 0.620. The Morgan fingerprint density at radius 3 is 2.50 bits per heavy atom. The summed E-state index contributed by atoms with van der Waals surface area (Å²) >= 11 is 18.6. The maximum Gasteiger partial charge on any atom is 0.223 e. The third-order valence-electron chi connectivity index (χ3n) is 1.58. The Morgan fingerprint density at radius 1 is 1.00 bits per heavy atom. The van der Waals surface area contributed by atoms with E-state index in [0.717, 1.165) is 5.03 Å². The fourth-order valence-electron chi connectivity index (χ4n) is 0.924. The zero-order valence-electron chi connectivity index (χ0n) is 7.69. The first-order valence-electron chi connectivity index (χ1n) is 4.12. The molecular weight excluding hydrogens is 289 g/mol. The second-order valence-corrected chi connectivity index (χ2v) is 4.90. The molecule has 0 unspecified atom stereocenters. The second kappa shape index (κ2) is 5.19. The van der Waals surface area contributed by atoms with E-state index < -0.39 is 0 Å². The number of pyridine rings is 1. The van der Waals surface area contributed by atoms with Gasteiger partial charge in [0.05, 0.1) is 16.2 Å². The van der Waals surface area contributed by atoms with Crippen molar-refractivity contribution in [3.63, 3.8) is 0 Å². The molecule has 2 heterocycles. The minimum Gasteiger partial charge on any atom is -0.248 e. The summed E-state index contributed by atoms with van der Waals surface area (Å²) in [6, 6.07) is 3.52. The van der Waals surface area contributed by atoms with Gasteiger partial charge >= 0.3 is 0 Å². The van der Waals surface area contributed by atoms with Gasteiger partial charge in [-0.05, 0) is 35.5 Å². The van der Waals surface area contributed by atoms with Gasteiger partial charge in [-0.25, -0.2) is 15.0 Å². The van der Waals surface area contributed by atoms with E-state index in [9.17, 15) is 0 Å². The third kappa shape index (κ3) is 2.98. The van der Waals surface area contributed by atoms with E-state index in [1.165, 1.54) is 18.0 Å². The molecule has 82 valence electrons. The second-order valence-electron chi connectivity index (χ2n) is 2.71. The van der Waals surface area contributed by atoms with Crippen LogP contribution >= 0.6 is 46.6 Å². The van der Waals surface area contributed by atoms with E-state index in [1.54, 1.807) is 18.3 Å². The Balaban J connectivity index is 2.26. The summed E-state index contributed by atoms with van der Waals surface area (Å²) in [6.45, 7) is 0. The van der Waals surface area contributed by atoms with Crippen molar-refractivity contribution in [3.05, 3.63) is 39.9 Å². The van der Waals surface area contributed by atoms with Crippen LogP contribution in [0.3, 0.4) is 0 Å². The van der Waals surface area contributed by atoms with E-state index in [-0.39, 0.29) is 5.28 Å². The largest absolute Gasteiger partial charge is 0.248 e. The first-order valence-corrected chi connectivity index (χ1v) is 6.07. The van der Waals surface area contributed by atoms with Gasteiger partial charge in [0.25, 0.3) is 0 Å². The molecule has 0 aliphatic carbocycles. The van der Waals surface area contributed by atoms with Gasteiger partial charge in [0.15, 0.2) is 0 Å². The molecule has 0 fully saturated rings. The van der Waals surface area contributed by atoms with E-state index in [2.05, 4.69) is 15.0 Å². The summed E-state index contributed by atoms with van der Waals surface area (Å²) in [7, 11) is 0. The van der Waals surface area contributed by atoms with Crippen molar-refractivity contribution in [3.8, 4) is 0 Å². The SMILES string of the molecule is Clc1ccc(Sc2nc(Cl)ncc2Cl)nc1. The zero-order valence-corrected chi connectivity index (χ0v) is 10.8. The standard InChI is InChI=1S/C9H4Cl3N3S/c10-5-1-2-7(13-3-5)16-8-6(11)4-14-9(12)15-8/h1-4H. The fourth-order valence-corrected chi connectivity index (χ4v) is 2.15. The monoisotopic (exact) mass is 291 g/mol. The van der Waals surface area contributed by atoms with Crippen molar-refractivity contribution in [2.24, 2.45) is 0 Å². The summed E-state index contributed by atoms with van der Waals surface area (Å²) in [5, 5.41) is 2.47. The zero-order chi connectivity index (χ0) is 11.5. The molecule has 2 aromatic rings. The number of rotatable bonds is 2. The van der Waals surface area contributed by atoms with Gasteiger partial charge in [-0.1, -0.05) is 23.2 Å². The smallest absolute Gasteiger partial charge is 0.223 e. The summed E-state index contributed by atoms with van der Waals surface area (Å²) in [5.74, 6) is 0. The van der Waals surface area contributed by atoms with Crippen LogP contribution in [0.25, 0.3) is 0 Å². The first-order chi connectivity index (χ1) is 7.65. The third-order valence-corrected chi connectivity index (χ3v) is 3.33. The predicted octanol–water partition coefficient (Wildman–Crippen LogP) is 3.98. The highest BCUT2D eigenvalue weighted by Crippen LogP contribution is 2.30. The van der Waals surface area contributed by atoms with E-state index in [1.807, 2.05) is 0 Å². The predicted molar refractivity (Wildman–Crippen MR) is 65.4 cm³/mol. The molecule has 7 heteroatoms. The average molecular weight is 293 g/mol.